The van der Waals surface area contributed by atoms with Gasteiger partial charge in [0.1, 0.15) is 5.82 Å². The summed E-state index contributed by atoms with van der Waals surface area (Å²) >= 11 is 0. The van der Waals surface area contributed by atoms with E-state index in [2.05, 4.69) is 45.5 Å². The summed E-state index contributed by atoms with van der Waals surface area (Å²) in [6.07, 6.45) is 11.2. The fraction of sp³-hybridized carbons (Fsp3) is 0.583. The monoisotopic (exact) mass is 391 g/mol. The average Bonchev–Trinajstić information content (AvgIpc) is 3.29. The minimum absolute atomic E-state index is 0.330. The maximum atomic E-state index is 6.16. The molecular formula is C24H33N5. The van der Waals surface area contributed by atoms with E-state index in [9.17, 15) is 0 Å². The fourth-order valence-corrected chi connectivity index (χ4v) is 5.69. The Balaban J connectivity index is 1.33. The fourth-order valence-electron chi connectivity index (χ4n) is 5.69. The van der Waals surface area contributed by atoms with E-state index in [4.69, 9.17) is 10.7 Å². The molecule has 0 radical (unpaired) electrons. The molecule has 1 saturated heterocycles. The Bertz CT molecular complexity index is 823. The number of fused-ring (bicyclic) bond motifs is 1. The number of nitrogens with one attached hydrogen (secondary N) is 1. The number of aromatic nitrogens is 2. The molecule has 3 N–H and O–H groups in total. The lowest BCUT2D eigenvalue weighted by Crippen LogP contribution is -2.39. The van der Waals surface area contributed by atoms with Gasteiger partial charge in [0.25, 0.3) is 0 Å². The molecule has 0 amide bonds. The van der Waals surface area contributed by atoms with E-state index in [1.807, 2.05) is 0 Å². The highest BCUT2D eigenvalue weighted by Gasteiger charge is 2.30. The molecule has 29 heavy (non-hydrogen) atoms. The first kappa shape index (κ1) is 18.9. The van der Waals surface area contributed by atoms with Crippen LogP contribution in [0.1, 0.15) is 74.1 Å². The zero-order valence-electron chi connectivity index (χ0n) is 17.3. The number of nitrogens with two attached hydrogens (primary N) is 1. The lowest BCUT2D eigenvalue weighted by Gasteiger charge is -2.35. The highest BCUT2D eigenvalue weighted by molar-refractivity contribution is 5.54. The number of likely N-dealkylation sites (tertiary alicyclic amines) is 1. The van der Waals surface area contributed by atoms with Crippen molar-refractivity contribution in [1.29, 1.82) is 0 Å². The summed E-state index contributed by atoms with van der Waals surface area (Å²) in [6.45, 7) is 2.61. The summed E-state index contributed by atoms with van der Waals surface area (Å²) in [5, 5.41) is 3.78. The lowest BCUT2D eigenvalue weighted by molar-refractivity contribution is 0.186. The molecule has 1 saturated carbocycles. The van der Waals surface area contributed by atoms with Gasteiger partial charge in [0, 0.05) is 23.6 Å². The molecule has 0 spiro atoms. The maximum absolute atomic E-state index is 6.16. The van der Waals surface area contributed by atoms with Crippen molar-refractivity contribution in [2.75, 3.05) is 24.1 Å². The van der Waals surface area contributed by atoms with Gasteiger partial charge in [-0.15, -0.1) is 0 Å². The van der Waals surface area contributed by atoms with Gasteiger partial charge in [-0.25, -0.2) is 4.98 Å². The van der Waals surface area contributed by atoms with E-state index in [1.54, 1.807) is 0 Å². The molecule has 1 aliphatic heterocycles. The minimum Gasteiger partial charge on any atom is -0.368 e. The molecule has 2 aromatic rings. The van der Waals surface area contributed by atoms with Crippen molar-refractivity contribution in [3.63, 3.8) is 0 Å². The van der Waals surface area contributed by atoms with Crippen molar-refractivity contribution in [1.82, 2.24) is 14.9 Å². The first-order valence-corrected chi connectivity index (χ1v) is 11.5. The quantitative estimate of drug-likeness (QED) is 0.811. The van der Waals surface area contributed by atoms with E-state index < -0.39 is 0 Å². The van der Waals surface area contributed by atoms with Crippen LogP contribution in [0.3, 0.4) is 0 Å². The third kappa shape index (κ3) is 3.97. The molecule has 2 aliphatic carbocycles. The van der Waals surface area contributed by atoms with Crippen LogP contribution in [0, 0.1) is 0 Å². The summed E-state index contributed by atoms with van der Waals surface area (Å²) in [4.78, 5) is 12.1. The lowest BCUT2D eigenvalue weighted by atomic mass is 9.82. The van der Waals surface area contributed by atoms with E-state index in [-0.39, 0.29) is 0 Å². The largest absolute Gasteiger partial charge is 0.368 e. The molecule has 2 heterocycles. The van der Waals surface area contributed by atoms with E-state index >= 15 is 0 Å². The normalized spacial score (nSPS) is 27.5. The average molecular weight is 392 g/mol. The zero-order valence-corrected chi connectivity index (χ0v) is 17.3. The molecule has 154 valence electrons. The van der Waals surface area contributed by atoms with Crippen LogP contribution in [-0.2, 0) is 6.42 Å². The van der Waals surface area contributed by atoms with Crippen LogP contribution in [0.15, 0.2) is 30.3 Å². The molecule has 5 nitrogen and oxygen atoms in total. The third-order valence-electron chi connectivity index (χ3n) is 7.20. The van der Waals surface area contributed by atoms with Crippen molar-refractivity contribution in [2.45, 2.75) is 75.8 Å². The molecule has 1 unspecified atom stereocenters. The molecule has 3 aliphatic rings. The Labute approximate surface area is 174 Å². The number of rotatable bonds is 4. The second-order valence-electron chi connectivity index (χ2n) is 9.04. The summed E-state index contributed by atoms with van der Waals surface area (Å²) < 4.78 is 0. The maximum Gasteiger partial charge on any atom is 0.222 e. The van der Waals surface area contributed by atoms with Gasteiger partial charge < -0.3 is 16.0 Å². The van der Waals surface area contributed by atoms with Gasteiger partial charge in [-0.05, 0) is 76.4 Å². The van der Waals surface area contributed by atoms with Crippen molar-refractivity contribution in [3.05, 3.63) is 47.2 Å². The Kier molecular flexibility index (Phi) is 5.40. The van der Waals surface area contributed by atoms with Crippen LogP contribution in [-0.4, -0.2) is 40.0 Å². The van der Waals surface area contributed by atoms with E-state index in [1.165, 1.54) is 69.2 Å². The van der Waals surface area contributed by atoms with Crippen LogP contribution in [0.25, 0.3) is 0 Å². The Morgan fingerprint density at radius 1 is 0.897 bits per heavy atom. The Morgan fingerprint density at radius 3 is 2.41 bits per heavy atom. The number of nitrogen functional groups attached to an aromatic ring is 1. The summed E-state index contributed by atoms with van der Waals surface area (Å²) in [5.74, 6) is 1.73. The van der Waals surface area contributed by atoms with E-state index in [0.717, 1.165) is 30.4 Å². The van der Waals surface area contributed by atoms with Gasteiger partial charge in [0.05, 0.1) is 5.69 Å². The Morgan fingerprint density at radius 2 is 1.66 bits per heavy atom. The number of nitrogens with zero attached hydrogens (tertiary/aromatic N) is 3. The van der Waals surface area contributed by atoms with Crippen LogP contribution in [0.2, 0.25) is 0 Å². The Hall–Kier alpha value is -2.14. The number of benzene rings is 1. The topological polar surface area (TPSA) is 67.1 Å². The predicted molar refractivity (Wildman–Crippen MR) is 118 cm³/mol. The van der Waals surface area contributed by atoms with Gasteiger partial charge >= 0.3 is 0 Å². The summed E-state index contributed by atoms with van der Waals surface area (Å²) in [7, 11) is 0. The smallest absolute Gasteiger partial charge is 0.222 e. The van der Waals surface area contributed by atoms with Crippen molar-refractivity contribution in [2.24, 2.45) is 0 Å². The molecule has 0 bridgehead atoms. The molecule has 2 fully saturated rings. The van der Waals surface area contributed by atoms with Gasteiger partial charge in [-0.1, -0.05) is 30.3 Å². The molecule has 1 aromatic heterocycles. The number of hydrogen-bond donors (Lipinski definition) is 2. The van der Waals surface area contributed by atoms with Crippen LogP contribution < -0.4 is 11.1 Å². The number of hydrogen-bond acceptors (Lipinski definition) is 5. The standard InChI is InChI=1S/C24H33N5/c25-24-27-22-20(17-7-2-1-3-8-17)9-6-10-21(22)23(28-24)26-18-11-13-19(14-12-18)29-15-4-5-16-29/h1-3,7-8,18-20H,4-6,9-16H2,(H3,25,26,27,28). The van der Waals surface area contributed by atoms with Crippen LogP contribution >= 0.6 is 0 Å². The molecule has 1 atom stereocenters. The first-order valence-electron chi connectivity index (χ1n) is 11.5. The van der Waals surface area contributed by atoms with Gasteiger partial charge in [0.2, 0.25) is 5.95 Å². The predicted octanol–water partition coefficient (Wildman–Crippen LogP) is 4.35. The van der Waals surface area contributed by atoms with Crippen molar-refractivity contribution >= 4 is 11.8 Å². The van der Waals surface area contributed by atoms with Gasteiger partial charge in [-0.3, -0.25) is 0 Å². The second kappa shape index (κ2) is 8.31. The molecular weight excluding hydrogens is 358 g/mol. The van der Waals surface area contributed by atoms with Gasteiger partial charge in [0.15, 0.2) is 0 Å². The molecule has 5 heteroatoms. The SMILES string of the molecule is Nc1nc(NC2CCC(N3CCCC3)CC2)c2c(n1)C(c1ccccc1)CCC2. The molecule has 1 aromatic carbocycles. The minimum atomic E-state index is 0.330. The van der Waals surface area contributed by atoms with Gasteiger partial charge in [-0.2, -0.15) is 4.98 Å². The molecule has 5 rings (SSSR count). The summed E-state index contributed by atoms with van der Waals surface area (Å²) in [6, 6.07) is 12.0. The number of anilines is 2. The summed E-state index contributed by atoms with van der Waals surface area (Å²) in [5.41, 5.74) is 9.94. The highest BCUT2D eigenvalue weighted by Crippen LogP contribution is 2.39. The second-order valence-corrected chi connectivity index (χ2v) is 9.04. The third-order valence-corrected chi connectivity index (χ3v) is 7.20. The van der Waals surface area contributed by atoms with Crippen molar-refractivity contribution < 1.29 is 0 Å². The van der Waals surface area contributed by atoms with Crippen LogP contribution in [0.4, 0.5) is 11.8 Å². The highest BCUT2D eigenvalue weighted by atomic mass is 15.2. The van der Waals surface area contributed by atoms with Crippen LogP contribution in [0.5, 0.6) is 0 Å². The van der Waals surface area contributed by atoms with E-state index in [0.29, 0.717) is 17.9 Å². The first-order chi connectivity index (χ1) is 14.3. The zero-order chi connectivity index (χ0) is 19.6. The van der Waals surface area contributed by atoms with Crippen molar-refractivity contribution in [3.8, 4) is 0 Å².